The van der Waals surface area contributed by atoms with Gasteiger partial charge in [-0.05, 0) is 0 Å². The van der Waals surface area contributed by atoms with Gasteiger partial charge in [-0.25, -0.2) is 0 Å². The summed E-state index contributed by atoms with van der Waals surface area (Å²) >= 11 is 0. The Bertz CT molecular complexity index is 353. The van der Waals surface area contributed by atoms with Crippen molar-refractivity contribution in [1.29, 1.82) is 0 Å². The van der Waals surface area contributed by atoms with E-state index in [9.17, 15) is 21.4 Å². The fourth-order valence-corrected chi connectivity index (χ4v) is 2.09. The van der Waals surface area contributed by atoms with Crippen molar-refractivity contribution in [1.82, 2.24) is 0 Å². The molecule has 0 amide bonds. The van der Waals surface area contributed by atoms with Crippen LogP contribution < -0.4 is 0 Å². The van der Waals surface area contributed by atoms with Crippen LogP contribution >= 0.6 is 8.25 Å². The molecule has 0 aromatic rings. The third kappa shape index (κ3) is 9.92. The molecule has 9 nitrogen and oxygen atoms in total. The summed E-state index contributed by atoms with van der Waals surface area (Å²) in [7, 11) is -12.0. The highest BCUT2D eigenvalue weighted by Crippen LogP contribution is 2.24. The Morgan fingerprint density at radius 2 is 1.21 bits per heavy atom. The van der Waals surface area contributed by atoms with Crippen LogP contribution in [0.4, 0.5) is 0 Å². The monoisotopic (exact) mass is 269 g/mol. The molecule has 0 heterocycles. The van der Waals surface area contributed by atoms with Gasteiger partial charge >= 0.3 is 8.25 Å². The van der Waals surface area contributed by atoms with Gasteiger partial charge in [0.05, 0.1) is 0 Å². The molecule has 0 aliphatic heterocycles. The Balaban J connectivity index is 3.91. The van der Waals surface area contributed by atoms with Gasteiger partial charge < -0.3 is 0 Å². The maximum Gasteiger partial charge on any atom is 0.699 e. The van der Waals surface area contributed by atoms with E-state index in [1.165, 1.54) is 0 Å². The van der Waals surface area contributed by atoms with E-state index in [-0.39, 0.29) is 0 Å². The Kier molecular flexibility index (Phi) is 5.01. The molecule has 0 fully saturated rings. The molecule has 12 heteroatoms. The van der Waals surface area contributed by atoms with Gasteiger partial charge in [0.25, 0.3) is 20.2 Å². The maximum absolute atomic E-state index is 10.5. The third-order valence-corrected chi connectivity index (χ3v) is 2.47. The van der Waals surface area contributed by atoms with Crippen molar-refractivity contribution >= 4 is 28.5 Å². The van der Waals surface area contributed by atoms with Crippen molar-refractivity contribution in [2.45, 2.75) is 0 Å². The summed E-state index contributed by atoms with van der Waals surface area (Å²) < 4.78 is 74.5. The summed E-state index contributed by atoms with van der Waals surface area (Å²) in [5.74, 6) is -2.60. The normalized spacial score (nSPS) is 12.7. The quantitative estimate of drug-likeness (QED) is 0.475. The first-order valence-electron chi connectivity index (χ1n) is 2.73. The topological polar surface area (TPSA) is 144 Å². The van der Waals surface area contributed by atoms with Crippen LogP contribution in [0.3, 0.4) is 0 Å². The zero-order valence-corrected chi connectivity index (χ0v) is 8.96. The minimum absolute atomic E-state index is 1.30. The molecule has 0 aliphatic rings. The van der Waals surface area contributed by atoms with Gasteiger partial charge in [0.1, 0.15) is 0 Å². The molecule has 0 aromatic heterocycles. The van der Waals surface area contributed by atoms with Gasteiger partial charge in [0, 0.05) is 4.57 Å². The van der Waals surface area contributed by atoms with E-state index in [4.69, 9.17) is 9.11 Å². The van der Waals surface area contributed by atoms with Gasteiger partial charge in [0.15, 0.2) is 0 Å². The summed E-state index contributed by atoms with van der Waals surface area (Å²) in [6.07, 6.45) is 0. The van der Waals surface area contributed by atoms with Crippen LogP contribution in [-0.4, -0.2) is 37.8 Å². The standard InChI is InChI=1S/C2H5O9PS2/c3-12(10-1-13(4,5)6)11-2-14(7,8)9/h1-2H2,(H-,4,5,6,7,8,9)/p+1. The second-order valence-corrected chi connectivity index (χ2v) is 5.64. The van der Waals surface area contributed by atoms with Crippen LogP contribution in [0.15, 0.2) is 0 Å². The first-order valence-corrected chi connectivity index (χ1v) is 7.05. The van der Waals surface area contributed by atoms with Gasteiger partial charge in [-0.1, -0.05) is 0 Å². The zero-order valence-electron chi connectivity index (χ0n) is 6.43. The van der Waals surface area contributed by atoms with Gasteiger partial charge in [0.2, 0.25) is 11.9 Å². The van der Waals surface area contributed by atoms with Crippen LogP contribution in [0.5, 0.6) is 0 Å². The number of hydrogen-bond acceptors (Lipinski definition) is 7. The van der Waals surface area contributed by atoms with Crippen molar-refractivity contribution in [3.63, 3.8) is 0 Å². The molecule has 0 aliphatic carbocycles. The fourth-order valence-electron chi connectivity index (χ4n) is 0.257. The second kappa shape index (κ2) is 5.07. The highest BCUT2D eigenvalue weighted by atomic mass is 32.2. The Labute approximate surface area is 80.5 Å². The molecule has 0 radical (unpaired) electrons. The van der Waals surface area contributed by atoms with E-state index in [0.717, 1.165) is 0 Å². The van der Waals surface area contributed by atoms with Crippen molar-refractivity contribution in [2.24, 2.45) is 0 Å². The van der Waals surface area contributed by atoms with E-state index in [0.29, 0.717) is 0 Å². The lowest BCUT2D eigenvalue weighted by molar-refractivity contribution is 0.264. The summed E-state index contributed by atoms with van der Waals surface area (Å²) in [5, 5.41) is 0. The van der Waals surface area contributed by atoms with E-state index in [1.807, 2.05) is 0 Å². The molecule has 0 unspecified atom stereocenters. The molecular weight excluding hydrogens is 263 g/mol. The van der Waals surface area contributed by atoms with Crippen molar-refractivity contribution in [2.75, 3.05) is 11.9 Å². The molecule has 14 heavy (non-hydrogen) atoms. The minimum atomic E-state index is -4.47. The van der Waals surface area contributed by atoms with Gasteiger partial charge in [-0.15, -0.1) is 9.05 Å². The van der Waals surface area contributed by atoms with Gasteiger partial charge in [-0.2, -0.15) is 16.8 Å². The Morgan fingerprint density at radius 3 is 1.43 bits per heavy atom. The number of hydrogen-bond donors (Lipinski definition) is 2. The predicted octanol–water partition coefficient (Wildman–Crippen LogP) is -0.632. The molecule has 0 saturated carbocycles. The molecule has 0 atom stereocenters. The molecule has 0 saturated heterocycles. The second-order valence-electron chi connectivity index (χ2n) is 1.88. The summed E-state index contributed by atoms with van der Waals surface area (Å²) in [4.78, 5) is 0. The van der Waals surface area contributed by atoms with Crippen molar-refractivity contribution in [3.05, 3.63) is 0 Å². The molecule has 0 rings (SSSR count). The predicted molar refractivity (Wildman–Crippen MR) is 42.6 cm³/mol. The van der Waals surface area contributed by atoms with Crippen molar-refractivity contribution in [3.8, 4) is 0 Å². The Hall–Kier alpha value is -0.160. The largest absolute Gasteiger partial charge is 0.699 e. The molecule has 2 N–H and O–H groups in total. The first-order chi connectivity index (χ1) is 6.10. The molecular formula is C2H6O9PS2+. The molecule has 0 aromatic carbocycles. The summed E-state index contributed by atoms with van der Waals surface area (Å²) in [6.45, 7) is 0. The third-order valence-electron chi connectivity index (χ3n) is 0.614. The SMILES string of the molecule is O=[P+](OCS(=O)(=O)O)OCS(=O)(=O)O. The highest BCUT2D eigenvalue weighted by molar-refractivity contribution is 7.86. The lowest BCUT2D eigenvalue weighted by Crippen LogP contribution is -2.07. The van der Waals surface area contributed by atoms with Crippen LogP contribution in [0, 0.1) is 0 Å². The Morgan fingerprint density at radius 1 is 0.929 bits per heavy atom. The fraction of sp³-hybridized carbons (Fsp3) is 1.00. The van der Waals surface area contributed by atoms with E-state index in [1.54, 1.807) is 0 Å². The molecule has 0 bridgehead atoms. The molecule has 0 spiro atoms. The van der Waals surface area contributed by atoms with Crippen LogP contribution in [0.25, 0.3) is 0 Å². The highest BCUT2D eigenvalue weighted by Gasteiger charge is 2.26. The number of rotatable bonds is 6. The first kappa shape index (κ1) is 13.8. The van der Waals surface area contributed by atoms with E-state index in [2.05, 4.69) is 9.05 Å². The lowest BCUT2D eigenvalue weighted by Gasteiger charge is -1.89. The van der Waals surface area contributed by atoms with E-state index >= 15 is 0 Å². The summed E-state index contributed by atoms with van der Waals surface area (Å²) in [5.41, 5.74) is 0. The average Bonchev–Trinajstić information content (AvgIpc) is 1.94. The van der Waals surface area contributed by atoms with Crippen LogP contribution in [-0.2, 0) is 33.8 Å². The van der Waals surface area contributed by atoms with E-state index < -0.39 is 40.4 Å². The van der Waals surface area contributed by atoms with Crippen LogP contribution in [0.2, 0.25) is 0 Å². The maximum atomic E-state index is 10.5. The van der Waals surface area contributed by atoms with Crippen molar-refractivity contribution < 1.29 is 39.6 Å². The summed E-state index contributed by atoms with van der Waals surface area (Å²) in [6, 6.07) is 0. The minimum Gasteiger partial charge on any atom is -0.284 e. The van der Waals surface area contributed by atoms with Gasteiger partial charge in [-0.3, -0.25) is 9.11 Å². The lowest BCUT2D eigenvalue weighted by atomic mass is 11.7. The van der Waals surface area contributed by atoms with Crippen LogP contribution in [0.1, 0.15) is 0 Å². The smallest absolute Gasteiger partial charge is 0.284 e. The molecule has 84 valence electrons. The average molecular weight is 269 g/mol. The zero-order chi connectivity index (χ0) is 11.4.